The first-order chi connectivity index (χ1) is 13.9. The fraction of sp³-hybridized carbons (Fsp3) is 0.731. The summed E-state index contributed by atoms with van der Waals surface area (Å²) >= 11 is 0. The standard InChI is InChI=1S/C26H40N2O/c1-4-12-25(3)18-22-9-8-13-26(19-22,20-25)24(29)28-16-14-27(15-17-28)21(2)23-10-6-5-7-11-23/h5-7,10-11,21-22H,4,8-9,12-20H2,1-3H3. The minimum atomic E-state index is -0.0572. The van der Waals surface area contributed by atoms with Crippen molar-refractivity contribution in [3.8, 4) is 0 Å². The Morgan fingerprint density at radius 3 is 2.55 bits per heavy atom. The second-order valence-corrected chi connectivity index (χ2v) is 10.6. The summed E-state index contributed by atoms with van der Waals surface area (Å²) in [6.07, 6.45) is 9.88. The maximum absolute atomic E-state index is 13.8. The van der Waals surface area contributed by atoms with Crippen molar-refractivity contribution >= 4 is 5.91 Å². The highest BCUT2D eigenvalue weighted by molar-refractivity contribution is 5.83. The normalized spacial score (nSPS) is 34.0. The number of amides is 1. The predicted octanol–water partition coefficient (Wildman–Crippen LogP) is 5.67. The van der Waals surface area contributed by atoms with Crippen LogP contribution in [0.2, 0.25) is 0 Å². The maximum atomic E-state index is 13.8. The fourth-order valence-electron chi connectivity index (χ4n) is 7.06. The lowest BCUT2D eigenvalue weighted by Crippen LogP contribution is -2.56. The minimum Gasteiger partial charge on any atom is -0.340 e. The van der Waals surface area contributed by atoms with E-state index >= 15 is 0 Å². The summed E-state index contributed by atoms with van der Waals surface area (Å²) in [4.78, 5) is 18.6. The van der Waals surface area contributed by atoms with E-state index in [2.05, 4.69) is 60.9 Å². The van der Waals surface area contributed by atoms with Gasteiger partial charge in [-0.15, -0.1) is 0 Å². The van der Waals surface area contributed by atoms with Crippen LogP contribution in [0.3, 0.4) is 0 Å². The molecule has 3 heteroatoms. The zero-order valence-electron chi connectivity index (χ0n) is 18.8. The van der Waals surface area contributed by atoms with Gasteiger partial charge in [0.2, 0.25) is 5.91 Å². The summed E-state index contributed by atoms with van der Waals surface area (Å²) in [5.41, 5.74) is 1.69. The number of benzene rings is 1. The van der Waals surface area contributed by atoms with Gasteiger partial charge >= 0.3 is 0 Å². The maximum Gasteiger partial charge on any atom is 0.228 e. The lowest BCUT2D eigenvalue weighted by Gasteiger charge is -2.54. The van der Waals surface area contributed by atoms with E-state index in [1.54, 1.807) is 0 Å². The van der Waals surface area contributed by atoms with Gasteiger partial charge in [-0.2, -0.15) is 0 Å². The number of piperazine rings is 1. The quantitative estimate of drug-likeness (QED) is 0.640. The van der Waals surface area contributed by atoms with Crippen molar-refractivity contribution in [2.45, 2.75) is 78.2 Å². The van der Waals surface area contributed by atoms with Crippen LogP contribution in [0.4, 0.5) is 0 Å². The summed E-state index contributed by atoms with van der Waals surface area (Å²) < 4.78 is 0. The number of nitrogens with zero attached hydrogens (tertiary/aromatic N) is 2. The first-order valence-corrected chi connectivity index (χ1v) is 12.0. The summed E-state index contributed by atoms with van der Waals surface area (Å²) in [6.45, 7) is 10.8. The molecule has 0 N–H and O–H groups in total. The molecule has 2 aliphatic carbocycles. The Bertz CT molecular complexity index is 696. The molecule has 4 unspecified atom stereocenters. The van der Waals surface area contributed by atoms with Gasteiger partial charge in [0.25, 0.3) is 0 Å². The van der Waals surface area contributed by atoms with E-state index in [0.29, 0.717) is 17.4 Å². The van der Waals surface area contributed by atoms with Crippen molar-refractivity contribution < 1.29 is 4.79 Å². The molecule has 1 saturated heterocycles. The molecule has 1 aromatic rings. The zero-order chi connectivity index (χ0) is 20.5. The van der Waals surface area contributed by atoms with Gasteiger partial charge in [-0.05, 0) is 55.9 Å². The van der Waals surface area contributed by atoms with E-state index in [-0.39, 0.29) is 5.41 Å². The summed E-state index contributed by atoms with van der Waals surface area (Å²) in [5.74, 6) is 1.27. The zero-order valence-corrected chi connectivity index (χ0v) is 18.8. The molecule has 4 atom stereocenters. The molecule has 3 aliphatic rings. The Hall–Kier alpha value is -1.35. The van der Waals surface area contributed by atoms with E-state index in [0.717, 1.165) is 51.4 Å². The van der Waals surface area contributed by atoms with Crippen molar-refractivity contribution in [1.82, 2.24) is 9.80 Å². The number of rotatable bonds is 5. The smallest absolute Gasteiger partial charge is 0.228 e. The summed E-state index contributed by atoms with van der Waals surface area (Å²) in [5, 5.41) is 0. The van der Waals surface area contributed by atoms with Crippen LogP contribution in [0.1, 0.15) is 83.7 Å². The minimum absolute atomic E-state index is 0.0572. The van der Waals surface area contributed by atoms with Gasteiger partial charge in [0.05, 0.1) is 5.41 Å². The van der Waals surface area contributed by atoms with E-state index < -0.39 is 0 Å². The monoisotopic (exact) mass is 396 g/mol. The van der Waals surface area contributed by atoms with Crippen LogP contribution in [0.5, 0.6) is 0 Å². The third-order valence-electron chi connectivity index (χ3n) is 8.23. The Morgan fingerprint density at radius 2 is 1.86 bits per heavy atom. The Balaban J connectivity index is 1.42. The average Bonchev–Trinajstić information content (AvgIpc) is 2.73. The second-order valence-electron chi connectivity index (χ2n) is 10.6. The molecule has 1 heterocycles. The number of fused-ring (bicyclic) bond motifs is 2. The highest BCUT2D eigenvalue weighted by Crippen LogP contribution is 2.57. The van der Waals surface area contributed by atoms with Gasteiger partial charge in [-0.1, -0.05) is 63.4 Å². The molecule has 0 radical (unpaired) electrons. The third-order valence-corrected chi connectivity index (χ3v) is 8.23. The highest BCUT2D eigenvalue weighted by atomic mass is 16.2. The molecule has 2 bridgehead atoms. The van der Waals surface area contributed by atoms with E-state index in [4.69, 9.17) is 0 Å². The van der Waals surface area contributed by atoms with Gasteiger partial charge in [0, 0.05) is 32.2 Å². The Kier molecular flexibility index (Phi) is 6.06. The summed E-state index contributed by atoms with van der Waals surface area (Å²) in [6, 6.07) is 11.2. The fourth-order valence-corrected chi connectivity index (χ4v) is 7.06. The summed E-state index contributed by atoms with van der Waals surface area (Å²) in [7, 11) is 0. The van der Waals surface area contributed by atoms with Crippen LogP contribution in [0.15, 0.2) is 30.3 Å². The van der Waals surface area contributed by atoms with Gasteiger partial charge in [0.1, 0.15) is 0 Å². The number of hydrogen-bond donors (Lipinski definition) is 0. The first kappa shape index (κ1) is 20.9. The van der Waals surface area contributed by atoms with Crippen LogP contribution in [0, 0.1) is 16.7 Å². The molecule has 3 fully saturated rings. The number of hydrogen-bond acceptors (Lipinski definition) is 2. The Morgan fingerprint density at radius 1 is 1.14 bits per heavy atom. The van der Waals surface area contributed by atoms with E-state index in [1.165, 1.54) is 37.7 Å². The number of carbonyl (C=O) groups is 1. The average molecular weight is 397 g/mol. The highest BCUT2D eigenvalue weighted by Gasteiger charge is 2.52. The molecule has 1 aromatic carbocycles. The van der Waals surface area contributed by atoms with Crippen LogP contribution in [-0.4, -0.2) is 41.9 Å². The van der Waals surface area contributed by atoms with Crippen LogP contribution < -0.4 is 0 Å². The molecule has 0 aromatic heterocycles. The predicted molar refractivity (Wildman–Crippen MR) is 120 cm³/mol. The van der Waals surface area contributed by atoms with Gasteiger partial charge in [-0.25, -0.2) is 0 Å². The topological polar surface area (TPSA) is 23.6 Å². The second kappa shape index (κ2) is 8.41. The van der Waals surface area contributed by atoms with Crippen LogP contribution in [-0.2, 0) is 4.79 Å². The molecule has 160 valence electrons. The van der Waals surface area contributed by atoms with Crippen molar-refractivity contribution in [2.24, 2.45) is 16.7 Å². The SMILES string of the molecule is CCCC1(C)CC2CCCC(C(=O)N3CCN(C(C)c4ccccc4)CC3)(C2)C1. The number of carbonyl (C=O) groups excluding carboxylic acids is 1. The molecule has 1 aliphatic heterocycles. The first-order valence-electron chi connectivity index (χ1n) is 12.0. The van der Waals surface area contributed by atoms with Crippen molar-refractivity contribution in [3.05, 3.63) is 35.9 Å². The van der Waals surface area contributed by atoms with Crippen molar-refractivity contribution in [3.63, 3.8) is 0 Å². The van der Waals surface area contributed by atoms with Gasteiger partial charge in [-0.3, -0.25) is 9.69 Å². The van der Waals surface area contributed by atoms with E-state index in [1.807, 2.05) is 0 Å². The van der Waals surface area contributed by atoms with Crippen LogP contribution >= 0.6 is 0 Å². The Labute approximate surface area is 177 Å². The molecule has 2 saturated carbocycles. The lowest BCUT2D eigenvalue weighted by molar-refractivity contribution is -0.155. The molecule has 29 heavy (non-hydrogen) atoms. The van der Waals surface area contributed by atoms with Crippen molar-refractivity contribution in [1.29, 1.82) is 0 Å². The molecular weight excluding hydrogens is 356 g/mol. The largest absolute Gasteiger partial charge is 0.340 e. The molecule has 1 amide bonds. The molecule has 4 rings (SSSR count). The molecule has 3 nitrogen and oxygen atoms in total. The lowest BCUT2D eigenvalue weighted by atomic mass is 9.53. The van der Waals surface area contributed by atoms with Crippen LogP contribution in [0.25, 0.3) is 0 Å². The molecular formula is C26H40N2O. The van der Waals surface area contributed by atoms with Gasteiger partial charge in [0.15, 0.2) is 0 Å². The van der Waals surface area contributed by atoms with E-state index in [9.17, 15) is 4.79 Å². The third kappa shape index (κ3) is 4.26. The molecule has 0 spiro atoms. The van der Waals surface area contributed by atoms with Gasteiger partial charge < -0.3 is 4.90 Å². The van der Waals surface area contributed by atoms with Crippen molar-refractivity contribution in [2.75, 3.05) is 26.2 Å².